The summed E-state index contributed by atoms with van der Waals surface area (Å²) >= 11 is 0. The summed E-state index contributed by atoms with van der Waals surface area (Å²) in [4.78, 5) is 32.0. The Labute approximate surface area is 92.8 Å². The van der Waals surface area contributed by atoms with E-state index in [-0.39, 0.29) is 25.2 Å². The lowest BCUT2D eigenvalue weighted by Gasteiger charge is -2.07. The summed E-state index contributed by atoms with van der Waals surface area (Å²) in [6.45, 7) is 4.90. The van der Waals surface area contributed by atoms with E-state index < -0.39 is 24.3 Å². The van der Waals surface area contributed by atoms with E-state index in [0.29, 0.717) is 0 Å². The maximum atomic E-state index is 11.0. The van der Waals surface area contributed by atoms with E-state index in [0.717, 1.165) is 0 Å². The van der Waals surface area contributed by atoms with Gasteiger partial charge in [0.05, 0.1) is 18.6 Å². The Morgan fingerprint density at radius 2 is 1.81 bits per heavy atom. The van der Waals surface area contributed by atoms with Gasteiger partial charge in [-0.3, -0.25) is 4.79 Å². The lowest BCUT2D eigenvalue weighted by atomic mass is 10.3. The molecule has 0 saturated heterocycles. The highest BCUT2D eigenvalue weighted by molar-refractivity contribution is 5.88. The minimum Gasteiger partial charge on any atom is -0.550 e. The first kappa shape index (κ1) is 14.2. The largest absolute Gasteiger partial charge is 0.550 e. The molecule has 0 radical (unpaired) electrons. The minimum atomic E-state index is -1.33. The van der Waals surface area contributed by atoms with E-state index >= 15 is 0 Å². The topological polar surface area (TPSA) is 92.7 Å². The van der Waals surface area contributed by atoms with Crippen molar-refractivity contribution in [1.29, 1.82) is 0 Å². The Hall–Kier alpha value is -1.85. The fraction of sp³-hybridized carbons (Fsp3) is 0.500. The monoisotopic (exact) mass is 229 g/mol. The Kier molecular flexibility index (Phi) is 6.58. The number of rotatable bonds is 7. The van der Waals surface area contributed by atoms with Crippen LogP contribution < -0.4 is 5.11 Å². The van der Waals surface area contributed by atoms with Crippen LogP contribution in [-0.4, -0.2) is 31.1 Å². The molecule has 0 rings (SSSR count). The molecular formula is C10H13O6-. The van der Waals surface area contributed by atoms with Crippen molar-refractivity contribution in [2.45, 2.75) is 19.8 Å². The van der Waals surface area contributed by atoms with Gasteiger partial charge in [-0.15, -0.1) is 0 Å². The van der Waals surface area contributed by atoms with E-state index in [1.165, 1.54) is 0 Å². The van der Waals surface area contributed by atoms with Crippen LogP contribution in [0.25, 0.3) is 0 Å². The zero-order valence-electron chi connectivity index (χ0n) is 8.99. The predicted molar refractivity (Wildman–Crippen MR) is 51.0 cm³/mol. The first-order valence-corrected chi connectivity index (χ1v) is 4.67. The third-order valence-corrected chi connectivity index (χ3v) is 1.50. The van der Waals surface area contributed by atoms with Gasteiger partial charge in [-0.1, -0.05) is 6.58 Å². The maximum Gasteiger partial charge on any atom is 0.336 e. The molecule has 0 unspecified atom stereocenters. The Balaban J connectivity index is 3.79. The molecule has 0 aromatic rings. The Morgan fingerprint density at radius 1 is 1.19 bits per heavy atom. The van der Waals surface area contributed by atoms with Crippen LogP contribution in [0.4, 0.5) is 0 Å². The van der Waals surface area contributed by atoms with Crippen LogP contribution in [0.2, 0.25) is 0 Å². The zero-order valence-corrected chi connectivity index (χ0v) is 8.99. The molecule has 16 heavy (non-hydrogen) atoms. The van der Waals surface area contributed by atoms with Crippen molar-refractivity contribution in [1.82, 2.24) is 0 Å². The van der Waals surface area contributed by atoms with Crippen LogP contribution >= 0.6 is 0 Å². The molecular weight excluding hydrogens is 216 g/mol. The minimum absolute atomic E-state index is 0.00338. The Bertz CT molecular complexity index is 294. The number of carbonyl (C=O) groups is 3. The summed E-state index contributed by atoms with van der Waals surface area (Å²) in [5.41, 5.74) is 0.00338. The maximum absolute atomic E-state index is 11.0. The first-order chi connectivity index (χ1) is 7.47. The van der Waals surface area contributed by atoms with Crippen LogP contribution in [0.5, 0.6) is 0 Å². The summed E-state index contributed by atoms with van der Waals surface area (Å²) in [5, 5.41) is 10.0. The molecule has 0 amide bonds. The molecule has 0 N–H and O–H groups in total. The highest BCUT2D eigenvalue weighted by Gasteiger charge is 2.10. The van der Waals surface area contributed by atoms with Crippen LogP contribution in [0.15, 0.2) is 12.2 Å². The van der Waals surface area contributed by atoms with Crippen molar-refractivity contribution in [2.75, 3.05) is 13.2 Å². The van der Waals surface area contributed by atoms with Gasteiger partial charge in [0.1, 0.15) is 6.61 Å². The molecule has 0 bridgehead atoms. The molecule has 0 aliphatic heterocycles. The molecule has 6 heteroatoms. The van der Waals surface area contributed by atoms with Crippen molar-refractivity contribution in [3.63, 3.8) is 0 Å². The molecule has 90 valence electrons. The number of carbonyl (C=O) groups excluding carboxylic acids is 3. The molecule has 0 aliphatic rings. The van der Waals surface area contributed by atoms with Crippen molar-refractivity contribution in [2.24, 2.45) is 0 Å². The third-order valence-electron chi connectivity index (χ3n) is 1.50. The molecule has 0 aromatic heterocycles. The molecule has 0 atom stereocenters. The van der Waals surface area contributed by atoms with E-state index in [2.05, 4.69) is 16.1 Å². The standard InChI is InChI=1S/C10H14O6/c1-3-15-10(14)7(2)6-16-9(13)5-4-8(11)12/h2-6H2,1H3,(H,11,12)/p-1. The van der Waals surface area contributed by atoms with Crippen molar-refractivity contribution in [3.8, 4) is 0 Å². The van der Waals surface area contributed by atoms with Crippen molar-refractivity contribution < 1.29 is 29.0 Å². The second kappa shape index (κ2) is 7.44. The van der Waals surface area contributed by atoms with Crippen molar-refractivity contribution >= 4 is 17.9 Å². The highest BCUT2D eigenvalue weighted by atomic mass is 16.5. The van der Waals surface area contributed by atoms with Gasteiger partial charge >= 0.3 is 11.9 Å². The molecule has 0 fully saturated rings. The molecule has 0 aliphatic carbocycles. The van der Waals surface area contributed by atoms with Crippen LogP contribution in [0, 0.1) is 0 Å². The van der Waals surface area contributed by atoms with Gasteiger partial charge in [0.15, 0.2) is 0 Å². The Morgan fingerprint density at radius 3 is 2.31 bits per heavy atom. The van der Waals surface area contributed by atoms with Gasteiger partial charge in [0.25, 0.3) is 0 Å². The fourth-order valence-electron chi connectivity index (χ4n) is 0.736. The fourth-order valence-corrected chi connectivity index (χ4v) is 0.736. The van der Waals surface area contributed by atoms with Gasteiger partial charge in [-0.05, 0) is 13.3 Å². The highest BCUT2D eigenvalue weighted by Crippen LogP contribution is 1.99. The molecule has 0 spiro atoms. The lowest BCUT2D eigenvalue weighted by Crippen LogP contribution is -2.23. The number of hydrogen-bond donors (Lipinski definition) is 0. The van der Waals surface area contributed by atoms with E-state index in [1.54, 1.807) is 6.92 Å². The second-order valence-corrected chi connectivity index (χ2v) is 2.86. The third kappa shape index (κ3) is 6.58. The normalized spacial score (nSPS) is 9.31. The summed E-state index contributed by atoms with van der Waals surface area (Å²) in [6, 6.07) is 0. The first-order valence-electron chi connectivity index (χ1n) is 4.67. The number of hydrogen-bond acceptors (Lipinski definition) is 6. The van der Waals surface area contributed by atoms with E-state index in [9.17, 15) is 19.5 Å². The molecule has 0 aromatic carbocycles. The average molecular weight is 229 g/mol. The average Bonchev–Trinajstić information content (AvgIpc) is 2.23. The molecule has 6 nitrogen and oxygen atoms in total. The number of esters is 2. The quantitative estimate of drug-likeness (QED) is 0.418. The zero-order chi connectivity index (χ0) is 12.6. The van der Waals surface area contributed by atoms with Gasteiger partial charge in [-0.2, -0.15) is 0 Å². The van der Waals surface area contributed by atoms with Crippen LogP contribution in [-0.2, 0) is 23.9 Å². The summed E-state index contributed by atoms with van der Waals surface area (Å²) in [7, 11) is 0. The summed E-state index contributed by atoms with van der Waals surface area (Å²) in [6.07, 6.45) is -0.705. The number of carboxylic acid groups (broad SMARTS) is 1. The lowest BCUT2D eigenvalue weighted by molar-refractivity contribution is -0.305. The molecule has 0 heterocycles. The van der Waals surface area contributed by atoms with Crippen LogP contribution in [0.1, 0.15) is 19.8 Å². The molecule has 0 saturated carbocycles. The van der Waals surface area contributed by atoms with Crippen LogP contribution in [0.3, 0.4) is 0 Å². The van der Waals surface area contributed by atoms with Crippen molar-refractivity contribution in [3.05, 3.63) is 12.2 Å². The number of aliphatic carboxylic acids is 1. The summed E-state index contributed by atoms with van der Waals surface area (Å²) < 4.78 is 9.19. The number of carboxylic acids is 1. The van der Waals surface area contributed by atoms with Gasteiger partial charge < -0.3 is 19.4 Å². The summed E-state index contributed by atoms with van der Waals surface area (Å²) in [5.74, 6) is -2.70. The van der Waals surface area contributed by atoms with E-state index in [4.69, 9.17) is 0 Å². The SMILES string of the molecule is C=C(COC(=O)CCC(=O)[O-])C(=O)OCC. The van der Waals surface area contributed by atoms with E-state index in [1.807, 2.05) is 0 Å². The number of ether oxygens (including phenoxy) is 2. The van der Waals surface area contributed by atoms with Gasteiger partial charge in [0, 0.05) is 5.97 Å². The predicted octanol–water partition coefficient (Wildman–Crippen LogP) is -0.821. The van der Waals surface area contributed by atoms with Gasteiger partial charge in [0.2, 0.25) is 0 Å². The second-order valence-electron chi connectivity index (χ2n) is 2.86. The smallest absolute Gasteiger partial charge is 0.336 e. The van der Waals surface area contributed by atoms with Gasteiger partial charge in [-0.25, -0.2) is 4.79 Å².